The van der Waals surface area contributed by atoms with Gasteiger partial charge in [0.2, 0.25) is 0 Å². The molecule has 0 amide bonds. The lowest BCUT2D eigenvalue weighted by molar-refractivity contribution is -0.137. The Morgan fingerprint density at radius 3 is 2.47 bits per heavy atom. The van der Waals surface area contributed by atoms with Crippen LogP contribution in [-0.2, 0) is 19.4 Å². The first kappa shape index (κ1) is 12.6. The van der Waals surface area contributed by atoms with Crippen LogP contribution in [0.1, 0.15) is 39.0 Å². The van der Waals surface area contributed by atoms with Crippen LogP contribution in [-0.4, -0.2) is 31.5 Å². The monoisotopic (exact) mass is 258 g/mol. The van der Waals surface area contributed by atoms with Gasteiger partial charge in [-0.3, -0.25) is 0 Å². The van der Waals surface area contributed by atoms with Gasteiger partial charge in [-0.25, -0.2) is 13.2 Å². The molecular weight excluding hydrogens is 240 g/mol. The maximum Gasteiger partial charge on any atom is 0.330 e. The van der Waals surface area contributed by atoms with E-state index >= 15 is 0 Å². The molecule has 0 spiro atoms. The third kappa shape index (κ3) is 2.54. The second kappa shape index (κ2) is 4.80. The second-order valence-corrected chi connectivity index (χ2v) is 7.24. The fraction of sp³-hybridized carbons (Fsp3) is 0.750. The summed E-state index contributed by atoms with van der Waals surface area (Å²) in [6.07, 6.45) is 4.97. The van der Waals surface area contributed by atoms with E-state index in [9.17, 15) is 13.2 Å². The Bertz CT molecular complexity index is 413. The molecule has 2 aliphatic heterocycles. The van der Waals surface area contributed by atoms with Crippen LogP contribution < -0.4 is 0 Å². The van der Waals surface area contributed by atoms with Crippen molar-refractivity contribution in [3.05, 3.63) is 11.6 Å². The van der Waals surface area contributed by atoms with E-state index in [0.29, 0.717) is 19.4 Å². The number of hydrogen-bond donors (Lipinski definition) is 0. The molecule has 0 radical (unpaired) electrons. The number of carbonyl (C=O) groups excluding carboxylic acids is 1. The largest absolute Gasteiger partial charge is 0.463 e. The Balaban J connectivity index is 2.14. The standard InChI is InChI=1S/C12H18O4S/c1-2-16-12(13)8-9-6-10-4-3-5-11(7-9)17(10,14)15/h8,10-11H,2-7H2,1H3. The smallest absolute Gasteiger partial charge is 0.330 e. The van der Waals surface area contributed by atoms with E-state index in [1.807, 2.05) is 0 Å². The summed E-state index contributed by atoms with van der Waals surface area (Å²) in [5, 5.41) is -0.536. The minimum Gasteiger partial charge on any atom is -0.463 e. The van der Waals surface area contributed by atoms with Gasteiger partial charge in [0, 0.05) is 6.08 Å². The lowest BCUT2D eigenvalue weighted by Gasteiger charge is -2.35. The Labute approximate surface area is 102 Å². The maximum absolute atomic E-state index is 12.0. The van der Waals surface area contributed by atoms with Gasteiger partial charge in [0.05, 0.1) is 17.1 Å². The molecule has 2 fully saturated rings. The third-order valence-corrected chi connectivity index (χ3v) is 6.23. The number of hydrogen-bond acceptors (Lipinski definition) is 4. The molecule has 0 saturated carbocycles. The Morgan fingerprint density at radius 1 is 1.35 bits per heavy atom. The predicted molar refractivity (Wildman–Crippen MR) is 64.3 cm³/mol. The van der Waals surface area contributed by atoms with Crippen molar-refractivity contribution in [2.45, 2.75) is 49.5 Å². The normalized spacial score (nSPS) is 30.8. The van der Waals surface area contributed by atoms with Gasteiger partial charge < -0.3 is 4.74 Å². The number of rotatable bonds is 2. The van der Waals surface area contributed by atoms with Gasteiger partial charge in [0.25, 0.3) is 0 Å². The molecule has 0 aromatic rings. The molecule has 2 heterocycles. The van der Waals surface area contributed by atoms with Crippen molar-refractivity contribution < 1.29 is 17.9 Å². The first-order valence-corrected chi connectivity index (χ1v) is 7.74. The van der Waals surface area contributed by atoms with Gasteiger partial charge in [-0.2, -0.15) is 0 Å². The number of fused-ring (bicyclic) bond motifs is 2. The minimum absolute atomic E-state index is 0.268. The van der Waals surface area contributed by atoms with Crippen LogP contribution in [0.3, 0.4) is 0 Å². The molecule has 2 saturated heterocycles. The first-order chi connectivity index (χ1) is 8.04. The van der Waals surface area contributed by atoms with Gasteiger partial charge in [-0.1, -0.05) is 12.0 Å². The summed E-state index contributed by atoms with van der Waals surface area (Å²) in [7, 11) is -2.94. The highest BCUT2D eigenvalue weighted by atomic mass is 32.2. The summed E-state index contributed by atoms with van der Waals surface area (Å²) in [4.78, 5) is 11.3. The maximum atomic E-state index is 12.0. The Kier molecular flexibility index (Phi) is 3.56. The molecule has 5 heteroatoms. The van der Waals surface area contributed by atoms with Gasteiger partial charge in [0.1, 0.15) is 0 Å². The average Bonchev–Trinajstić information content (AvgIpc) is 2.19. The molecule has 0 N–H and O–H groups in total. The summed E-state index contributed by atoms with van der Waals surface area (Å²) in [5.74, 6) is -0.347. The molecule has 2 unspecified atom stereocenters. The number of sulfone groups is 1. The zero-order valence-corrected chi connectivity index (χ0v) is 10.8. The van der Waals surface area contributed by atoms with E-state index in [0.717, 1.165) is 24.8 Å². The van der Waals surface area contributed by atoms with Crippen LogP contribution in [0.25, 0.3) is 0 Å². The molecule has 2 aliphatic rings. The van der Waals surface area contributed by atoms with Crippen LogP contribution in [0.5, 0.6) is 0 Å². The van der Waals surface area contributed by atoms with E-state index in [1.54, 1.807) is 6.92 Å². The van der Waals surface area contributed by atoms with Crippen LogP contribution in [0.4, 0.5) is 0 Å². The quantitative estimate of drug-likeness (QED) is 0.557. The molecular formula is C12H18O4S. The molecule has 2 bridgehead atoms. The summed E-state index contributed by atoms with van der Waals surface area (Å²) < 4.78 is 28.9. The van der Waals surface area contributed by atoms with Crippen LogP contribution in [0, 0.1) is 0 Å². The zero-order valence-electron chi connectivity index (χ0n) is 10.0. The van der Waals surface area contributed by atoms with Gasteiger partial charge >= 0.3 is 5.97 Å². The van der Waals surface area contributed by atoms with Crippen LogP contribution >= 0.6 is 0 Å². The molecule has 0 aromatic heterocycles. The summed E-state index contributed by atoms with van der Waals surface area (Å²) in [6.45, 7) is 2.12. The highest BCUT2D eigenvalue weighted by molar-refractivity contribution is 7.92. The summed E-state index contributed by atoms with van der Waals surface area (Å²) >= 11 is 0. The highest BCUT2D eigenvalue weighted by Gasteiger charge is 2.42. The first-order valence-electron chi connectivity index (χ1n) is 6.13. The second-order valence-electron chi connectivity index (χ2n) is 4.73. The van der Waals surface area contributed by atoms with E-state index < -0.39 is 9.84 Å². The molecule has 0 aromatic carbocycles. The van der Waals surface area contributed by atoms with Crippen LogP contribution in [0.2, 0.25) is 0 Å². The zero-order chi connectivity index (χ0) is 12.5. The van der Waals surface area contributed by atoms with Crippen molar-refractivity contribution in [2.24, 2.45) is 0 Å². The lowest BCUT2D eigenvalue weighted by Crippen LogP contribution is -2.41. The van der Waals surface area contributed by atoms with Crippen molar-refractivity contribution in [1.29, 1.82) is 0 Å². The highest BCUT2D eigenvalue weighted by Crippen LogP contribution is 2.38. The SMILES string of the molecule is CCOC(=O)C=C1CC2CCCC(C1)S2(=O)=O. The van der Waals surface area contributed by atoms with Crippen LogP contribution in [0.15, 0.2) is 11.6 Å². The number of allylic oxidation sites excluding steroid dienone is 1. The lowest BCUT2D eigenvalue weighted by atomic mass is 9.94. The van der Waals surface area contributed by atoms with Gasteiger partial charge in [-0.15, -0.1) is 0 Å². The minimum atomic E-state index is -2.94. The topological polar surface area (TPSA) is 60.4 Å². The summed E-state index contributed by atoms with van der Waals surface area (Å²) in [6, 6.07) is 0. The van der Waals surface area contributed by atoms with E-state index in [1.165, 1.54) is 6.08 Å². The Hall–Kier alpha value is -0.840. The molecule has 2 rings (SSSR count). The average molecular weight is 258 g/mol. The number of carbonyl (C=O) groups is 1. The van der Waals surface area contributed by atoms with E-state index in [2.05, 4.69) is 0 Å². The fourth-order valence-corrected chi connectivity index (χ4v) is 5.17. The fourth-order valence-electron chi connectivity index (χ4n) is 2.75. The Morgan fingerprint density at radius 2 is 1.94 bits per heavy atom. The van der Waals surface area contributed by atoms with Crippen molar-refractivity contribution in [3.63, 3.8) is 0 Å². The summed E-state index contributed by atoms with van der Waals surface area (Å²) in [5.41, 5.74) is 0.938. The molecule has 96 valence electrons. The van der Waals surface area contributed by atoms with Gasteiger partial charge in [0.15, 0.2) is 9.84 Å². The predicted octanol–water partition coefficient (Wildman–Crippen LogP) is 1.61. The van der Waals surface area contributed by atoms with Gasteiger partial charge in [-0.05, 0) is 32.6 Å². The third-order valence-electron chi connectivity index (χ3n) is 3.57. The van der Waals surface area contributed by atoms with E-state index in [-0.39, 0.29) is 16.5 Å². The molecule has 0 aliphatic carbocycles. The van der Waals surface area contributed by atoms with Crippen molar-refractivity contribution >= 4 is 15.8 Å². The molecule has 4 nitrogen and oxygen atoms in total. The van der Waals surface area contributed by atoms with Crippen molar-refractivity contribution in [2.75, 3.05) is 6.61 Å². The molecule has 2 atom stereocenters. The van der Waals surface area contributed by atoms with Crippen molar-refractivity contribution in [3.8, 4) is 0 Å². The molecule has 17 heavy (non-hydrogen) atoms. The number of ether oxygens (including phenoxy) is 1. The number of esters is 1. The van der Waals surface area contributed by atoms with Crippen molar-refractivity contribution in [1.82, 2.24) is 0 Å². The van der Waals surface area contributed by atoms with E-state index in [4.69, 9.17) is 4.74 Å².